The lowest BCUT2D eigenvalue weighted by Crippen LogP contribution is -2.21. The lowest BCUT2D eigenvalue weighted by molar-refractivity contribution is 0.753. The summed E-state index contributed by atoms with van der Waals surface area (Å²) in [6.45, 7) is 4.35. The zero-order chi connectivity index (χ0) is 11.5. The van der Waals surface area contributed by atoms with Crippen molar-refractivity contribution in [3.8, 4) is 0 Å². The van der Waals surface area contributed by atoms with Crippen molar-refractivity contribution in [3.05, 3.63) is 75.5 Å². The number of nitrogens with zero attached hydrogens (tertiary/aromatic N) is 1. The Morgan fingerprint density at radius 1 is 1.19 bits per heavy atom. The van der Waals surface area contributed by atoms with Gasteiger partial charge >= 0.3 is 0 Å². The average Bonchev–Trinajstić information content (AvgIpc) is 2.31. The molecule has 2 rings (SSSR count). The topological polar surface area (TPSA) is 22.0 Å². The molecule has 0 amide bonds. The molecule has 0 unspecified atom stereocenters. The van der Waals surface area contributed by atoms with E-state index in [0.717, 1.165) is 5.56 Å². The summed E-state index contributed by atoms with van der Waals surface area (Å²) in [7, 11) is 0. The van der Waals surface area contributed by atoms with Gasteiger partial charge in [-0.1, -0.05) is 30.3 Å². The van der Waals surface area contributed by atoms with Gasteiger partial charge in [0.15, 0.2) is 0 Å². The summed E-state index contributed by atoms with van der Waals surface area (Å²) < 4.78 is 2.19. The largest absolute Gasteiger partial charge is 0.310 e. The smallest absolute Gasteiger partial charge is 0.265 e. The van der Waals surface area contributed by atoms with Gasteiger partial charge < -0.3 is 4.57 Å². The van der Waals surface area contributed by atoms with Crippen LogP contribution in [0.4, 0.5) is 0 Å². The van der Waals surface area contributed by atoms with Crippen LogP contribution in [0.3, 0.4) is 0 Å². The van der Waals surface area contributed by atoms with E-state index < -0.39 is 0 Å². The summed E-state index contributed by atoms with van der Waals surface area (Å²) in [5.41, 5.74) is 1.78. The fourth-order valence-electron chi connectivity index (χ4n) is 1.49. The highest BCUT2D eigenvalue weighted by molar-refractivity contribution is 9.10. The first-order chi connectivity index (χ1) is 7.68. The summed E-state index contributed by atoms with van der Waals surface area (Å²) in [6, 6.07) is 11.7. The average molecular weight is 277 g/mol. The van der Waals surface area contributed by atoms with E-state index in [1.54, 1.807) is 10.8 Å². The maximum atomic E-state index is 11.9. The van der Waals surface area contributed by atoms with Gasteiger partial charge in [0.05, 0.1) is 11.0 Å². The summed E-state index contributed by atoms with van der Waals surface area (Å²) in [4.78, 5) is 11.9. The van der Waals surface area contributed by atoms with Crippen molar-refractivity contribution >= 4 is 15.9 Å². The van der Waals surface area contributed by atoms with Gasteiger partial charge in [0.1, 0.15) is 0 Å². The van der Waals surface area contributed by atoms with Crippen molar-refractivity contribution < 1.29 is 0 Å². The highest BCUT2D eigenvalue weighted by Gasteiger charge is 2.04. The second-order valence-corrected chi connectivity index (χ2v) is 4.37. The zero-order valence-corrected chi connectivity index (χ0v) is 10.3. The Kier molecular flexibility index (Phi) is 3.25. The summed E-state index contributed by atoms with van der Waals surface area (Å²) in [5, 5.41) is 0. The van der Waals surface area contributed by atoms with Crippen LogP contribution in [0, 0.1) is 6.92 Å². The first-order valence-electron chi connectivity index (χ1n) is 4.93. The molecule has 0 aliphatic heterocycles. The van der Waals surface area contributed by atoms with Gasteiger partial charge in [0.25, 0.3) is 5.56 Å². The fraction of sp³-hybridized carbons (Fsp3) is 0.0769. The molecule has 81 valence electrons. The Morgan fingerprint density at radius 2 is 1.88 bits per heavy atom. The highest BCUT2D eigenvalue weighted by Crippen LogP contribution is 2.10. The maximum Gasteiger partial charge on any atom is 0.265 e. The van der Waals surface area contributed by atoms with Gasteiger partial charge in [-0.3, -0.25) is 4.79 Å². The van der Waals surface area contributed by atoms with E-state index in [-0.39, 0.29) is 5.56 Å². The molecule has 0 saturated heterocycles. The minimum absolute atomic E-state index is 0.0450. The molecule has 3 heteroatoms. The minimum Gasteiger partial charge on any atom is -0.310 e. The number of hydrogen-bond donors (Lipinski definition) is 0. The van der Waals surface area contributed by atoms with Crippen molar-refractivity contribution in [3.63, 3.8) is 0 Å². The molecule has 1 aromatic heterocycles. The lowest BCUT2D eigenvalue weighted by Gasteiger charge is -2.07. The van der Waals surface area contributed by atoms with Gasteiger partial charge in [-0.25, -0.2) is 0 Å². The lowest BCUT2D eigenvalue weighted by atomic mass is 10.2. The Morgan fingerprint density at radius 3 is 2.56 bits per heavy atom. The standard InChI is InChI=1S/C13H11BrNO/c1-10-7-8-15(13(16)12(10)14)9-11-5-3-2-4-6-11/h2-8H,1,9H2. The van der Waals surface area contributed by atoms with E-state index in [2.05, 4.69) is 22.9 Å². The number of benzene rings is 1. The van der Waals surface area contributed by atoms with Gasteiger partial charge in [0, 0.05) is 6.20 Å². The van der Waals surface area contributed by atoms with Crippen molar-refractivity contribution in [2.75, 3.05) is 0 Å². The number of hydrogen-bond acceptors (Lipinski definition) is 1. The minimum atomic E-state index is -0.0450. The number of aromatic nitrogens is 1. The summed E-state index contributed by atoms with van der Waals surface area (Å²) in [5.74, 6) is 0. The Bertz CT molecular complexity index is 546. The second-order valence-electron chi connectivity index (χ2n) is 3.57. The van der Waals surface area contributed by atoms with E-state index in [0.29, 0.717) is 16.6 Å². The van der Waals surface area contributed by atoms with Crippen LogP contribution in [0.2, 0.25) is 0 Å². The van der Waals surface area contributed by atoms with Crippen LogP contribution in [0.5, 0.6) is 0 Å². The molecule has 0 N–H and O–H groups in total. The van der Waals surface area contributed by atoms with E-state index in [1.165, 1.54) is 0 Å². The molecule has 0 aliphatic rings. The molecule has 0 saturated carbocycles. The molecule has 1 radical (unpaired) electrons. The van der Waals surface area contributed by atoms with E-state index in [9.17, 15) is 4.79 Å². The molecular formula is C13H11BrNO. The Hall–Kier alpha value is -1.35. The van der Waals surface area contributed by atoms with Crippen LogP contribution < -0.4 is 5.56 Å². The molecule has 1 aromatic carbocycles. The van der Waals surface area contributed by atoms with Crippen molar-refractivity contribution in [2.24, 2.45) is 0 Å². The first kappa shape index (κ1) is 11.1. The maximum absolute atomic E-state index is 11.9. The molecule has 2 aromatic rings. The monoisotopic (exact) mass is 276 g/mol. The summed E-state index contributed by atoms with van der Waals surface area (Å²) >= 11 is 3.25. The summed E-state index contributed by atoms with van der Waals surface area (Å²) in [6.07, 6.45) is 1.77. The molecule has 0 fully saturated rings. The molecule has 0 bridgehead atoms. The van der Waals surface area contributed by atoms with Gasteiger partial charge in [-0.2, -0.15) is 0 Å². The SMILES string of the molecule is [CH2]c1ccn(Cc2ccccc2)c(=O)c1Br. The highest BCUT2D eigenvalue weighted by atomic mass is 79.9. The van der Waals surface area contributed by atoms with Crippen LogP contribution >= 0.6 is 15.9 Å². The zero-order valence-electron chi connectivity index (χ0n) is 8.69. The van der Waals surface area contributed by atoms with Crippen molar-refractivity contribution in [1.29, 1.82) is 0 Å². The number of rotatable bonds is 2. The number of halogens is 1. The van der Waals surface area contributed by atoms with E-state index >= 15 is 0 Å². The van der Waals surface area contributed by atoms with Crippen LogP contribution in [0.25, 0.3) is 0 Å². The Labute approximate surface area is 103 Å². The molecule has 0 atom stereocenters. The third-order valence-electron chi connectivity index (χ3n) is 2.38. The van der Waals surface area contributed by atoms with Crippen LogP contribution in [0.1, 0.15) is 11.1 Å². The number of pyridine rings is 1. The fourth-order valence-corrected chi connectivity index (χ4v) is 1.85. The molecule has 0 spiro atoms. The quantitative estimate of drug-likeness (QED) is 0.827. The van der Waals surface area contributed by atoms with Gasteiger partial charge in [-0.05, 0) is 40.0 Å². The van der Waals surface area contributed by atoms with Crippen molar-refractivity contribution in [2.45, 2.75) is 6.54 Å². The predicted octanol–water partition coefficient (Wildman–Crippen LogP) is 2.84. The molecule has 0 aliphatic carbocycles. The van der Waals surface area contributed by atoms with E-state index in [4.69, 9.17) is 0 Å². The second kappa shape index (κ2) is 4.66. The van der Waals surface area contributed by atoms with Crippen LogP contribution in [-0.4, -0.2) is 4.57 Å². The van der Waals surface area contributed by atoms with Crippen molar-refractivity contribution in [1.82, 2.24) is 4.57 Å². The first-order valence-corrected chi connectivity index (χ1v) is 5.72. The van der Waals surface area contributed by atoms with Crippen LogP contribution in [0.15, 0.2) is 51.9 Å². The normalized spacial score (nSPS) is 10.4. The van der Waals surface area contributed by atoms with E-state index in [1.807, 2.05) is 36.4 Å². The van der Waals surface area contributed by atoms with Gasteiger partial charge in [-0.15, -0.1) is 0 Å². The Balaban J connectivity index is 2.37. The predicted molar refractivity (Wildman–Crippen MR) is 68.4 cm³/mol. The van der Waals surface area contributed by atoms with Gasteiger partial charge in [0.2, 0.25) is 0 Å². The molecule has 2 nitrogen and oxygen atoms in total. The molecular weight excluding hydrogens is 266 g/mol. The molecule has 16 heavy (non-hydrogen) atoms. The third-order valence-corrected chi connectivity index (χ3v) is 3.23. The molecule has 1 heterocycles. The van der Waals surface area contributed by atoms with Crippen LogP contribution in [-0.2, 0) is 6.54 Å². The third kappa shape index (κ3) is 2.25.